The van der Waals surface area contributed by atoms with Crippen molar-refractivity contribution >= 4 is 10.0 Å². The Morgan fingerprint density at radius 2 is 2.43 bits per heavy atom. The van der Waals surface area contributed by atoms with Crippen LogP contribution in [0.25, 0.3) is 0 Å². The summed E-state index contributed by atoms with van der Waals surface area (Å²) in [7, 11) is -3.29. The maximum Gasteiger partial charge on any atom is 0.215 e. The number of sulfonamides is 1. The second kappa shape index (κ2) is 4.78. The Morgan fingerprint density at radius 3 is 2.93 bits per heavy atom. The highest BCUT2D eigenvalue weighted by Crippen LogP contribution is 2.13. The molecule has 0 amide bonds. The second-order valence-corrected chi connectivity index (χ2v) is 5.22. The van der Waals surface area contributed by atoms with Crippen LogP contribution in [0.4, 0.5) is 0 Å². The van der Waals surface area contributed by atoms with E-state index in [1.54, 1.807) is 6.92 Å². The van der Waals surface area contributed by atoms with E-state index >= 15 is 0 Å². The molecule has 0 saturated carbocycles. The first-order valence-electron chi connectivity index (χ1n) is 4.61. The second-order valence-electron chi connectivity index (χ2n) is 3.42. The Labute approximate surface area is 85.1 Å². The minimum absolute atomic E-state index is 0.0129. The van der Waals surface area contributed by atoms with Gasteiger partial charge in [-0.05, 0) is 19.8 Å². The number of hydrogen-bond acceptors (Lipinski definition) is 3. The van der Waals surface area contributed by atoms with E-state index in [4.69, 9.17) is 11.2 Å². The molecule has 14 heavy (non-hydrogen) atoms. The molecule has 0 aromatic heterocycles. The molecule has 0 radical (unpaired) electrons. The number of ether oxygens (including phenoxy) is 1. The van der Waals surface area contributed by atoms with Gasteiger partial charge in [0.1, 0.15) is 0 Å². The van der Waals surface area contributed by atoms with Crippen molar-refractivity contribution in [3.8, 4) is 12.3 Å². The third-order valence-electron chi connectivity index (χ3n) is 2.04. The van der Waals surface area contributed by atoms with Gasteiger partial charge >= 0.3 is 0 Å². The predicted molar refractivity (Wildman–Crippen MR) is 54.2 cm³/mol. The lowest BCUT2D eigenvalue weighted by molar-refractivity contribution is 0.127. The van der Waals surface area contributed by atoms with Crippen molar-refractivity contribution in [1.29, 1.82) is 0 Å². The molecule has 2 atom stereocenters. The van der Waals surface area contributed by atoms with Crippen molar-refractivity contribution in [2.24, 2.45) is 0 Å². The normalized spacial score (nSPS) is 24.4. The van der Waals surface area contributed by atoms with Gasteiger partial charge in [-0.1, -0.05) is 5.92 Å². The summed E-state index contributed by atoms with van der Waals surface area (Å²) in [4.78, 5) is 0. The molecule has 0 aliphatic carbocycles. The van der Waals surface area contributed by atoms with Crippen molar-refractivity contribution in [2.45, 2.75) is 31.9 Å². The molecule has 0 aromatic rings. The lowest BCUT2D eigenvalue weighted by Crippen LogP contribution is -2.36. The topological polar surface area (TPSA) is 55.4 Å². The van der Waals surface area contributed by atoms with Crippen molar-refractivity contribution in [2.75, 3.05) is 12.4 Å². The molecule has 1 heterocycles. The van der Waals surface area contributed by atoms with Crippen molar-refractivity contribution in [1.82, 2.24) is 4.72 Å². The molecule has 4 nitrogen and oxygen atoms in total. The third-order valence-corrected chi connectivity index (χ3v) is 3.56. The number of hydrogen-bond donors (Lipinski definition) is 1. The molecular weight excluding hydrogens is 202 g/mol. The van der Waals surface area contributed by atoms with Crippen LogP contribution in [0, 0.1) is 12.3 Å². The van der Waals surface area contributed by atoms with Gasteiger partial charge in [0, 0.05) is 6.61 Å². The standard InChI is InChI=1S/C9H15NO3S/c1-3-8(2)10-14(11,12)7-9-5-4-6-13-9/h1,8-10H,4-7H2,2H3. The van der Waals surface area contributed by atoms with Crippen LogP contribution in [0.1, 0.15) is 19.8 Å². The van der Waals surface area contributed by atoms with Crippen LogP contribution in [0.2, 0.25) is 0 Å². The van der Waals surface area contributed by atoms with Gasteiger partial charge in [0.25, 0.3) is 0 Å². The third kappa shape index (κ3) is 3.66. The Hall–Kier alpha value is -0.570. The van der Waals surface area contributed by atoms with Crippen molar-refractivity contribution < 1.29 is 13.2 Å². The van der Waals surface area contributed by atoms with E-state index in [-0.39, 0.29) is 11.9 Å². The fraction of sp³-hybridized carbons (Fsp3) is 0.778. The zero-order valence-electron chi connectivity index (χ0n) is 8.19. The first kappa shape index (κ1) is 11.5. The highest BCUT2D eigenvalue weighted by molar-refractivity contribution is 7.89. The summed E-state index contributed by atoms with van der Waals surface area (Å²) in [5, 5.41) is 0. The van der Waals surface area contributed by atoms with Gasteiger partial charge in [0.2, 0.25) is 10.0 Å². The van der Waals surface area contributed by atoms with Crippen LogP contribution in [0.15, 0.2) is 0 Å². The summed E-state index contributed by atoms with van der Waals surface area (Å²) in [5.74, 6) is 2.33. The molecule has 1 rings (SSSR count). The molecular formula is C9H15NO3S. The minimum atomic E-state index is -3.29. The maximum absolute atomic E-state index is 11.5. The van der Waals surface area contributed by atoms with Crippen LogP contribution >= 0.6 is 0 Å². The lowest BCUT2D eigenvalue weighted by Gasteiger charge is -2.12. The van der Waals surface area contributed by atoms with E-state index < -0.39 is 16.1 Å². The Balaban J connectivity index is 2.45. The van der Waals surface area contributed by atoms with Crippen LogP contribution in [-0.2, 0) is 14.8 Å². The molecule has 80 valence electrons. The van der Waals surface area contributed by atoms with Crippen LogP contribution < -0.4 is 4.72 Å². The zero-order chi connectivity index (χ0) is 10.6. The monoisotopic (exact) mass is 217 g/mol. The molecule has 1 N–H and O–H groups in total. The van der Waals surface area contributed by atoms with Crippen molar-refractivity contribution in [3.63, 3.8) is 0 Å². The highest BCUT2D eigenvalue weighted by atomic mass is 32.2. The van der Waals surface area contributed by atoms with Gasteiger partial charge in [-0.15, -0.1) is 6.42 Å². The lowest BCUT2D eigenvalue weighted by atomic mass is 10.3. The number of terminal acetylenes is 1. The van der Waals surface area contributed by atoms with Crippen molar-refractivity contribution in [3.05, 3.63) is 0 Å². The SMILES string of the molecule is C#CC(C)NS(=O)(=O)CC1CCCO1. The first-order valence-corrected chi connectivity index (χ1v) is 6.26. The number of nitrogens with one attached hydrogen (secondary N) is 1. The summed E-state index contributed by atoms with van der Waals surface area (Å²) >= 11 is 0. The molecule has 0 aromatic carbocycles. The molecule has 1 saturated heterocycles. The van der Waals surface area contributed by atoms with Gasteiger partial charge in [0.15, 0.2) is 0 Å². The van der Waals surface area contributed by atoms with Crippen LogP contribution in [0.5, 0.6) is 0 Å². The van der Waals surface area contributed by atoms with E-state index in [2.05, 4.69) is 10.6 Å². The van der Waals surface area contributed by atoms with Gasteiger partial charge in [-0.2, -0.15) is 0 Å². The van der Waals surface area contributed by atoms with Gasteiger partial charge < -0.3 is 4.74 Å². The average Bonchev–Trinajstić information content (AvgIpc) is 2.54. The molecule has 2 unspecified atom stereocenters. The average molecular weight is 217 g/mol. The number of rotatable bonds is 4. The van der Waals surface area contributed by atoms with E-state index in [0.29, 0.717) is 6.61 Å². The Kier molecular flexibility index (Phi) is 3.93. The summed E-state index contributed by atoms with van der Waals surface area (Å²) in [5.41, 5.74) is 0. The van der Waals surface area contributed by atoms with Crippen LogP contribution in [-0.4, -0.2) is 32.9 Å². The zero-order valence-corrected chi connectivity index (χ0v) is 9.01. The molecule has 1 aliphatic rings. The fourth-order valence-electron chi connectivity index (χ4n) is 1.37. The molecule has 0 spiro atoms. The van der Waals surface area contributed by atoms with Crippen LogP contribution in [0.3, 0.4) is 0 Å². The van der Waals surface area contributed by atoms with Gasteiger partial charge in [0.05, 0.1) is 17.9 Å². The summed E-state index contributed by atoms with van der Waals surface area (Å²) < 4.78 is 30.6. The summed E-state index contributed by atoms with van der Waals surface area (Å²) in [6, 6.07) is -0.457. The molecule has 0 bridgehead atoms. The quantitative estimate of drug-likeness (QED) is 0.680. The smallest absolute Gasteiger partial charge is 0.215 e. The molecule has 1 fully saturated rings. The Bertz CT molecular complexity index is 311. The van der Waals surface area contributed by atoms with E-state index in [0.717, 1.165) is 12.8 Å². The van der Waals surface area contributed by atoms with E-state index in [1.165, 1.54) is 0 Å². The van der Waals surface area contributed by atoms with E-state index in [1.807, 2.05) is 0 Å². The van der Waals surface area contributed by atoms with Gasteiger partial charge in [-0.3, -0.25) is 0 Å². The highest BCUT2D eigenvalue weighted by Gasteiger charge is 2.23. The Morgan fingerprint density at radius 1 is 1.71 bits per heavy atom. The summed E-state index contributed by atoms with van der Waals surface area (Å²) in [6.45, 7) is 2.29. The minimum Gasteiger partial charge on any atom is -0.377 e. The van der Waals surface area contributed by atoms with E-state index in [9.17, 15) is 8.42 Å². The summed E-state index contributed by atoms with van der Waals surface area (Å²) in [6.07, 6.45) is 6.66. The molecule has 1 aliphatic heterocycles. The fourth-order valence-corrected chi connectivity index (χ4v) is 2.83. The largest absolute Gasteiger partial charge is 0.377 e. The maximum atomic E-state index is 11.5. The predicted octanol–water partition coefficient (Wildman–Crippen LogP) is 0.107. The van der Waals surface area contributed by atoms with Gasteiger partial charge in [-0.25, -0.2) is 13.1 Å². The molecule has 5 heteroatoms. The first-order chi connectivity index (χ1) is 6.53.